The number of nitrogens with zero attached hydrogens (tertiary/aromatic N) is 1. The van der Waals surface area contributed by atoms with Crippen LogP contribution in [0.4, 0.5) is 0 Å². The minimum absolute atomic E-state index is 0.00329. The van der Waals surface area contributed by atoms with E-state index in [0.29, 0.717) is 0 Å². The highest BCUT2D eigenvalue weighted by Crippen LogP contribution is 2.20. The molecule has 0 aliphatic heterocycles. The highest BCUT2D eigenvalue weighted by Gasteiger charge is 2.16. The molecule has 96 valence electrons. The number of rotatable bonds is 7. The van der Waals surface area contributed by atoms with E-state index in [1.807, 2.05) is 19.1 Å². The van der Waals surface area contributed by atoms with Gasteiger partial charge in [-0.2, -0.15) is 0 Å². The van der Waals surface area contributed by atoms with Crippen molar-refractivity contribution in [2.45, 2.75) is 45.8 Å². The summed E-state index contributed by atoms with van der Waals surface area (Å²) in [5.41, 5.74) is 7.08. The van der Waals surface area contributed by atoms with Gasteiger partial charge in [-0.15, -0.1) is 0 Å². The van der Waals surface area contributed by atoms with E-state index in [-0.39, 0.29) is 12.1 Å². The van der Waals surface area contributed by atoms with E-state index in [1.165, 1.54) is 6.42 Å². The molecule has 0 saturated heterocycles. The van der Waals surface area contributed by atoms with Crippen molar-refractivity contribution in [1.82, 2.24) is 4.98 Å². The van der Waals surface area contributed by atoms with Crippen LogP contribution in [0.25, 0.3) is 0 Å². The minimum atomic E-state index is -0.0230. The summed E-state index contributed by atoms with van der Waals surface area (Å²) < 4.78 is 5.89. The third kappa shape index (κ3) is 5.29. The Bertz CT molecular complexity index is 298. The molecule has 2 unspecified atom stereocenters. The van der Waals surface area contributed by atoms with Gasteiger partial charge in [0.1, 0.15) is 0 Å². The zero-order valence-corrected chi connectivity index (χ0v) is 11.1. The molecule has 1 rings (SSSR count). The molecule has 0 radical (unpaired) electrons. The van der Waals surface area contributed by atoms with Gasteiger partial charge in [0.15, 0.2) is 0 Å². The SMILES string of the molecule is CC(C)CCCOC(c1ccncc1)C(C)N. The topological polar surface area (TPSA) is 48.1 Å². The van der Waals surface area contributed by atoms with Gasteiger partial charge in [-0.1, -0.05) is 13.8 Å². The Morgan fingerprint density at radius 3 is 2.41 bits per heavy atom. The smallest absolute Gasteiger partial charge is 0.0974 e. The molecule has 2 N–H and O–H groups in total. The van der Waals surface area contributed by atoms with E-state index in [0.717, 1.165) is 24.5 Å². The fourth-order valence-electron chi connectivity index (χ4n) is 1.81. The van der Waals surface area contributed by atoms with Crippen LogP contribution in [0, 0.1) is 5.92 Å². The van der Waals surface area contributed by atoms with Crippen molar-refractivity contribution in [3.05, 3.63) is 30.1 Å². The first-order valence-electron chi connectivity index (χ1n) is 6.38. The predicted octanol–water partition coefficient (Wildman–Crippen LogP) is 2.92. The highest BCUT2D eigenvalue weighted by atomic mass is 16.5. The standard InChI is InChI=1S/C14H24N2O/c1-11(2)5-4-10-17-14(12(3)15)13-6-8-16-9-7-13/h6-9,11-12,14H,4-5,10,15H2,1-3H3. The fourth-order valence-corrected chi connectivity index (χ4v) is 1.81. The van der Waals surface area contributed by atoms with Gasteiger partial charge in [0.2, 0.25) is 0 Å². The van der Waals surface area contributed by atoms with E-state index in [4.69, 9.17) is 10.5 Å². The molecule has 0 aliphatic rings. The third-order valence-electron chi connectivity index (χ3n) is 2.74. The number of nitrogens with two attached hydrogens (primary N) is 1. The van der Waals surface area contributed by atoms with Crippen molar-refractivity contribution < 1.29 is 4.74 Å². The van der Waals surface area contributed by atoms with Crippen LogP contribution >= 0.6 is 0 Å². The van der Waals surface area contributed by atoms with Gasteiger partial charge in [-0.25, -0.2) is 0 Å². The van der Waals surface area contributed by atoms with E-state index < -0.39 is 0 Å². The lowest BCUT2D eigenvalue weighted by atomic mass is 10.1. The quantitative estimate of drug-likeness (QED) is 0.740. The van der Waals surface area contributed by atoms with Crippen molar-refractivity contribution in [1.29, 1.82) is 0 Å². The molecule has 2 atom stereocenters. The average Bonchev–Trinajstić information content (AvgIpc) is 2.29. The van der Waals surface area contributed by atoms with Crippen LogP contribution in [0.15, 0.2) is 24.5 Å². The minimum Gasteiger partial charge on any atom is -0.372 e. The van der Waals surface area contributed by atoms with E-state index >= 15 is 0 Å². The summed E-state index contributed by atoms with van der Waals surface area (Å²) in [6.45, 7) is 7.21. The van der Waals surface area contributed by atoms with Gasteiger partial charge in [-0.3, -0.25) is 4.98 Å². The molecule has 0 aromatic carbocycles. The maximum atomic E-state index is 5.97. The van der Waals surface area contributed by atoms with Gasteiger partial charge in [0.25, 0.3) is 0 Å². The molecule has 3 heteroatoms. The average molecular weight is 236 g/mol. The first-order chi connectivity index (χ1) is 8.11. The van der Waals surface area contributed by atoms with E-state index in [2.05, 4.69) is 18.8 Å². The molecule has 1 heterocycles. The lowest BCUT2D eigenvalue weighted by Crippen LogP contribution is -2.27. The summed E-state index contributed by atoms with van der Waals surface area (Å²) in [5.74, 6) is 0.730. The summed E-state index contributed by atoms with van der Waals surface area (Å²) in [5, 5.41) is 0. The van der Waals surface area contributed by atoms with E-state index in [1.54, 1.807) is 12.4 Å². The lowest BCUT2D eigenvalue weighted by molar-refractivity contribution is 0.0348. The second kappa shape index (κ2) is 7.41. The molecule has 1 aromatic rings. The molecular formula is C14H24N2O. The molecule has 17 heavy (non-hydrogen) atoms. The van der Waals surface area contributed by atoms with Crippen LogP contribution in [0.5, 0.6) is 0 Å². The Balaban J connectivity index is 2.45. The molecule has 0 amide bonds. The van der Waals surface area contributed by atoms with Gasteiger partial charge >= 0.3 is 0 Å². The van der Waals surface area contributed by atoms with Crippen molar-refractivity contribution in [3.63, 3.8) is 0 Å². The number of pyridine rings is 1. The van der Waals surface area contributed by atoms with Crippen LogP contribution in [-0.2, 0) is 4.74 Å². The molecule has 0 spiro atoms. The van der Waals surface area contributed by atoms with Crippen molar-refractivity contribution in [2.75, 3.05) is 6.61 Å². The summed E-state index contributed by atoms with van der Waals surface area (Å²) in [6, 6.07) is 3.93. The maximum Gasteiger partial charge on any atom is 0.0974 e. The summed E-state index contributed by atoms with van der Waals surface area (Å²) in [6.07, 6.45) is 5.82. The van der Waals surface area contributed by atoms with Gasteiger partial charge < -0.3 is 10.5 Å². The Hall–Kier alpha value is -0.930. The molecule has 0 aliphatic carbocycles. The van der Waals surface area contributed by atoms with Crippen LogP contribution in [0.1, 0.15) is 45.3 Å². The molecule has 0 saturated carbocycles. The summed E-state index contributed by atoms with van der Waals surface area (Å²) >= 11 is 0. The fraction of sp³-hybridized carbons (Fsp3) is 0.643. The molecular weight excluding hydrogens is 212 g/mol. The second-order valence-corrected chi connectivity index (χ2v) is 4.97. The zero-order valence-electron chi connectivity index (χ0n) is 11.1. The normalized spacial score (nSPS) is 14.9. The third-order valence-corrected chi connectivity index (χ3v) is 2.74. The number of hydrogen-bond donors (Lipinski definition) is 1. The Labute approximate surface area is 104 Å². The van der Waals surface area contributed by atoms with Crippen molar-refractivity contribution >= 4 is 0 Å². The largest absolute Gasteiger partial charge is 0.372 e. The Morgan fingerprint density at radius 2 is 1.88 bits per heavy atom. The Morgan fingerprint density at radius 1 is 1.24 bits per heavy atom. The molecule has 1 aromatic heterocycles. The lowest BCUT2D eigenvalue weighted by Gasteiger charge is -2.22. The van der Waals surface area contributed by atoms with Crippen LogP contribution in [0.2, 0.25) is 0 Å². The summed E-state index contributed by atoms with van der Waals surface area (Å²) in [4.78, 5) is 4.01. The number of aromatic nitrogens is 1. The Kier molecular flexibility index (Phi) is 6.16. The highest BCUT2D eigenvalue weighted by molar-refractivity contribution is 5.14. The maximum absolute atomic E-state index is 5.97. The van der Waals surface area contributed by atoms with Gasteiger partial charge in [0.05, 0.1) is 6.10 Å². The molecule has 0 bridgehead atoms. The van der Waals surface area contributed by atoms with E-state index in [9.17, 15) is 0 Å². The van der Waals surface area contributed by atoms with Crippen molar-refractivity contribution in [2.24, 2.45) is 11.7 Å². The predicted molar refractivity (Wildman–Crippen MR) is 70.7 cm³/mol. The molecule has 3 nitrogen and oxygen atoms in total. The number of ether oxygens (including phenoxy) is 1. The first kappa shape index (κ1) is 14.1. The summed E-state index contributed by atoms with van der Waals surface area (Å²) in [7, 11) is 0. The van der Waals surface area contributed by atoms with Crippen molar-refractivity contribution in [3.8, 4) is 0 Å². The van der Waals surface area contributed by atoms with Gasteiger partial charge in [0, 0.05) is 25.0 Å². The van der Waals surface area contributed by atoms with Crippen LogP contribution < -0.4 is 5.73 Å². The van der Waals surface area contributed by atoms with Crippen LogP contribution in [0.3, 0.4) is 0 Å². The van der Waals surface area contributed by atoms with Crippen LogP contribution in [-0.4, -0.2) is 17.6 Å². The second-order valence-electron chi connectivity index (χ2n) is 4.97. The van der Waals surface area contributed by atoms with Gasteiger partial charge in [-0.05, 0) is 43.4 Å². The zero-order chi connectivity index (χ0) is 12.7. The number of hydrogen-bond acceptors (Lipinski definition) is 3. The monoisotopic (exact) mass is 236 g/mol. The first-order valence-corrected chi connectivity index (χ1v) is 6.38. The molecule has 0 fully saturated rings.